The van der Waals surface area contributed by atoms with Gasteiger partial charge in [0.05, 0.1) is 5.69 Å². The Morgan fingerprint density at radius 2 is 1.96 bits per heavy atom. The van der Waals surface area contributed by atoms with Crippen molar-refractivity contribution in [2.75, 3.05) is 5.32 Å². The van der Waals surface area contributed by atoms with Crippen LogP contribution in [0.3, 0.4) is 0 Å². The second-order valence-corrected chi connectivity index (χ2v) is 6.27. The van der Waals surface area contributed by atoms with Gasteiger partial charge in [0.1, 0.15) is 5.82 Å². The number of carbonyl (C=O) groups excluding carboxylic acids is 1. The first-order valence-electron chi connectivity index (χ1n) is 7.75. The van der Waals surface area contributed by atoms with Crippen LogP contribution in [0.2, 0.25) is 0 Å². The van der Waals surface area contributed by atoms with Crippen molar-refractivity contribution in [2.45, 2.75) is 6.92 Å². The third kappa shape index (κ3) is 4.61. The average Bonchev–Trinajstić information content (AvgIpc) is 2.61. The van der Waals surface area contributed by atoms with E-state index in [0.29, 0.717) is 5.82 Å². The van der Waals surface area contributed by atoms with Gasteiger partial charge in [0.25, 0.3) is 0 Å². The molecule has 1 N–H and O–H groups in total. The van der Waals surface area contributed by atoms with Crippen molar-refractivity contribution in [1.82, 2.24) is 9.97 Å². The van der Waals surface area contributed by atoms with Crippen molar-refractivity contribution < 1.29 is 4.79 Å². The number of hydrogen-bond acceptors (Lipinski definition) is 3. The smallest absolute Gasteiger partial charge is 0.248 e. The van der Waals surface area contributed by atoms with E-state index in [9.17, 15) is 4.79 Å². The number of nitrogens with zero attached hydrogens (tertiary/aromatic N) is 2. The number of anilines is 1. The van der Waals surface area contributed by atoms with E-state index < -0.39 is 0 Å². The van der Waals surface area contributed by atoms with Gasteiger partial charge >= 0.3 is 0 Å². The number of amides is 1. The standard InChI is InChI=1S/C20H16BrN3O/c1-14-22-12-11-19(23-14)16-6-4-7-17(13-16)24-20(25)10-9-15-5-2-3-8-18(15)21/h2-13H,1H3,(H,24,25)/b10-9+. The zero-order valence-electron chi connectivity index (χ0n) is 13.6. The number of nitrogens with one attached hydrogen (secondary N) is 1. The lowest BCUT2D eigenvalue weighted by Crippen LogP contribution is -2.07. The monoisotopic (exact) mass is 393 g/mol. The molecule has 0 unspecified atom stereocenters. The Hall–Kier alpha value is -2.79. The largest absolute Gasteiger partial charge is 0.322 e. The minimum absolute atomic E-state index is 0.188. The third-order valence-corrected chi connectivity index (χ3v) is 4.24. The van der Waals surface area contributed by atoms with Crippen LogP contribution in [0.5, 0.6) is 0 Å². The highest BCUT2D eigenvalue weighted by Gasteiger charge is 2.04. The lowest BCUT2D eigenvalue weighted by atomic mass is 10.1. The van der Waals surface area contributed by atoms with Crippen LogP contribution in [0, 0.1) is 6.92 Å². The topological polar surface area (TPSA) is 54.9 Å². The van der Waals surface area contributed by atoms with Crippen LogP contribution in [0.4, 0.5) is 5.69 Å². The molecule has 5 heteroatoms. The number of aromatic nitrogens is 2. The highest BCUT2D eigenvalue weighted by molar-refractivity contribution is 9.10. The van der Waals surface area contributed by atoms with E-state index in [1.807, 2.05) is 61.5 Å². The fourth-order valence-electron chi connectivity index (χ4n) is 2.33. The van der Waals surface area contributed by atoms with Gasteiger partial charge in [-0.2, -0.15) is 0 Å². The summed E-state index contributed by atoms with van der Waals surface area (Å²) in [6.07, 6.45) is 5.02. The van der Waals surface area contributed by atoms with E-state index in [0.717, 1.165) is 27.0 Å². The van der Waals surface area contributed by atoms with Crippen molar-refractivity contribution in [1.29, 1.82) is 0 Å². The van der Waals surface area contributed by atoms with Crippen LogP contribution < -0.4 is 5.32 Å². The Morgan fingerprint density at radius 3 is 2.76 bits per heavy atom. The van der Waals surface area contributed by atoms with Crippen molar-refractivity contribution in [2.24, 2.45) is 0 Å². The van der Waals surface area contributed by atoms with E-state index in [1.165, 1.54) is 6.08 Å². The maximum absolute atomic E-state index is 12.2. The van der Waals surface area contributed by atoms with E-state index in [-0.39, 0.29) is 5.91 Å². The molecule has 3 aromatic rings. The van der Waals surface area contributed by atoms with E-state index in [2.05, 4.69) is 31.2 Å². The minimum atomic E-state index is -0.188. The molecular formula is C20H16BrN3O. The molecule has 0 saturated carbocycles. The molecule has 0 aliphatic rings. The Bertz CT molecular complexity index is 937. The Kier molecular flexibility index (Phi) is 5.36. The van der Waals surface area contributed by atoms with Crippen molar-refractivity contribution >= 4 is 33.6 Å². The van der Waals surface area contributed by atoms with Gasteiger partial charge < -0.3 is 5.32 Å². The number of halogens is 1. The molecule has 0 spiro atoms. The van der Waals surface area contributed by atoms with E-state index in [4.69, 9.17) is 0 Å². The zero-order chi connectivity index (χ0) is 17.6. The summed E-state index contributed by atoms with van der Waals surface area (Å²) in [5.74, 6) is 0.523. The fraction of sp³-hybridized carbons (Fsp3) is 0.0500. The Labute approximate surface area is 154 Å². The highest BCUT2D eigenvalue weighted by Crippen LogP contribution is 2.21. The Balaban J connectivity index is 1.74. The van der Waals surface area contributed by atoms with Gasteiger partial charge in [-0.1, -0.05) is 46.3 Å². The summed E-state index contributed by atoms with van der Waals surface area (Å²) in [5, 5.41) is 2.87. The summed E-state index contributed by atoms with van der Waals surface area (Å²) in [6, 6.07) is 17.2. The lowest BCUT2D eigenvalue weighted by Gasteiger charge is -2.06. The number of benzene rings is 2. The predicted molar refractivity (Wildman–Crippen MR) is 104 cm³/mol. The molecule has 0 aliphatic heterocycles. The van der Waals surface area contributed by atoms with Crippen LogP contribution in [0.15, 0.2) is 71.3 Å². The molecule has 4 nitrogen and oxygen atoms in total. The predicted octanol–water partition coefficient (Wildman–Crippen LogP) is 4.87. The normalized spacial score (nSPS) is 10.8. The summed E-state index contributed by atoms with van der Waals surface area (Å²) in [7, 11) is 0. The van der Waals surface area contributed by atoms with Crippen LogP contribution in [0.1, 0.15) is 11.4 Å². The number of aryl methyl sites for hydroxylation is 1. The molecule has 0 aliphatic carbocycles. The summed E-state index contributed by atoms with van der Waals surface area (Å²) in [5.41, 5.74) is 3.42. The van der Waals surface area contributed by atoms with Crippen LogP contribution in [-0.4, -0.2) is 15.9 Å². The SMILES string of the molecule is Cc1nccc(-c2cccc(NC(=O)/C=C/c3ccccc3Br)c2)n1. The van der Waals surface area contributed by atoms with Gasteiger partial charge in [-0.25, -0.2) is 9.97 Å². The summed E-state index contributed by atoms with van der Waals surface area (Å²) >= 11 is 3.46. The zero-order valence-corrected chi connectivity index (χ0v) is 15.2. The highest BCUT2D eigenvalue weighted by atomic mass is 79.9. The molecule has 0 atom stereocenters. The van der Waals surface area contributed by atoms with Gasteiger partial charge in [0, 0.05) is 28.0 Å². The minimum Gasteiger partial charge on any atom is -0.322 e. The summed E-state index contributed by atoms with van der Waals surface area (Å²) in [4.78, 5) is 20.7. The van der Waals surface area contributed by atoms with Crippen molar-refractivity contribution in [3.8, 4) is 11.3 Å². The van der Waals surface area contributed by atoms with Gasteiger partial charge in [-0.05, 0) is 42.8 Å². The maximum atomic E-state index is 12.2. The second kappa shape index (κ2) is 7.85. The van der Waals surface area contributed by atoms with Crippen LogP contribution >= 0.6 is 15.9 Å². The quantitative estimate of drug-likeness (QED) is 0.643. The molecule has 0 saturated heterocycles. The molecule has 0 radical (unpaired) electrons. The molecule has 1 amide bonds. The second-order valence-electron chi connectivity index (χ2n) is 5.41. The molecule has 124 valence electrons. The first-order chi connectivity index (χ1) is 12.1. The van der Waals surface area contributed by atoms with Crippen molar-refractivity contribution in [3.05, 3.63) is 82.7 Å². The van der Waals surface area contributed by atoms with Crippen LogP contribution in [0.25, 0.3) is 17.3 Å². The first-order valence-corrected chi connectivity index (χ1v) is 8.55. The first kappa shape index (κ1) is 17.0. The molecular weight excluding hydrogens is 378 g/mol. The average molecular weight is 394 g/mol. The van der Waals surface area contributed by atoms with Crippen molar-refractivity contribution in [3.63, 3.8) is 0 Å². The molecule has 2 aromatic carbocycles. The number of rotatable bonds is 4. The van der Waals surface area contributed by atoms with E-state index in [1.54, 1.807) is 12.3 Å². The van der Waals surface area contributed by atoms with E-state index >= 15 is 0 Å². The lowest BCUT2D eigenvalue weighted by molar-refractivity contribution is -0.111. The molecule has 1 heterocycles. The molecule has 25 heavy (non-hydrogen) atoms. The van der Waals surface area contributed by atoms with Gasteiger partial charge in [0.2, 0.25) is 5.91 Å². The Morgan fingerprint density at radius 1 is 1.12 bits per heavy atom. The third-order valence-electron chi connectivity index (χ3n) is 3.52. The number of carbonyl (C=O) groups is 1. The molecule has 3 rings (SSSR count). The summed E-state index contributed by atoms with van der Waals surface area (Å²) < 4.78 is 0.945. The maximum Gasteiger partial charge on any atom is 0.248 e. The van der Waals surface area contributed by atoms with Gasteiger partial charge in [-0.3, -0.25) is 4.79 Å². The summed E-state index contributed by atoms with van der Waals surface area (Å²) in [6.45, 7) is 1.85. The van der Waals surface area contributed by atoms with Gasteiger partial charge in [0.15, 0.2) is 0 Å². The van der Waals surface area contributed by atoms with Gasteiger partial charge in [-0.15, -0.1) is 0 Å². The number of hydrogen-bond donors (Lipinski definition) is 1. The van der Waals surface area contributed by atoms with Crippen LogP contribution in [-0.2, 0) is 4.79 Å². The fourth-order valence-corrected chi connectivity index (χ4v) is 2.75. The molecule has 0 fully saturated rings. The molecule has 0 bridgehead atoms. The molecule has 1 aromatic heterocycles.